The molecule has 1 amide bonds. The number of primary amides is 1. The lowest BCUT2D eigenvalue weighted by Gasteiger charge is -2.61. The number of rotatable bonds is 3. The molecule has 0 unspecified atom stereocenters. The molecular formula is C25H29ClN2O7. The van der Waals surface area contributed by atoms with E-state index < -0.39 is 68.6 Å². The topological polar surface area (TPSA) is 161 Å². The molecule has 0 spiro atoms. The molecule has 3 aliphatic rings. The van der Waals surface area contributed by atoms with Crippen molar-refractivity contribution >= 4 is 29.1 Å². The van der Waals surface area contributed by atoms with E-state index in [1.54, 1.807) is 32.8 Å². The Morgan fingerprint density at radius 3 is 2.31 bits per heavy atom. The number of hydrogen-bond donors (Lipinski definition) is 5. The first kappa shape index (κ1) is 25.2. The second kappa shape index (κ2) is 7.56. The number of benzene rings is 1. The zero-order valence-electron chi connectivity index (χ0n) is 20.1. The Balaban J connectivity index is 2.11. The van der Waals surface area contributed by atoms with Gasteiger partial charge in [0.05, 0.1) is 17.1 Å². The molecule has 9 nitrogen and oxygen atoms in total. The van der Waals surface area contributed by atoms with E-state index >= 15 is 0 Å². The van der Waals surface area contributed by atoms with Gasteiger partial charge >= 0.3 is 0 Å². The summed E-state index contributed by atoms with van der Waals surface area (Å²) < 4.78 is 0. The normalized spacial score (nSPS) is 34.6. The number of fused-ring (bicyclic) bond motifs is 3. The van der Waals surface area contributed by atoms with Crippen molar-refractivity contribution in [1.29, 1.82) is 0 Å². The van der Waals surface area contributed by atoms with Crippen LogP contribution in [0, 0.1) is 22.2 Å². The highest BCUT2D eigenvalue weighted by Gasteiger charge is 2.70. The number of halogens is 1. The van der Waals surface area contributed by atoms with Crippen LogP contribution in [0.15, 0.2) is 34.8 Å². The minimum absolute atomic E-state index is 0.0332. The number of allylic oxidation sites excluding steroid dienone is 1. The van der Waals surface area contributed by atoms with Gasteiger partial charge in [0, 0.05) is 34.0 Å². The quantitative estimate of drug-likeness (QED) is 0.392. The molecule has 10 heteroatoms. The minimum Gasteiger partial charge on any atom is -0.511 e. The number of hydrogen-bond acceptors (Lipinski definition) is 8. The number of nitrogens with zero attached hydrogens (tertiary/aromatic N) is 1. The Morgan fingerprint density at radius 1 is 1.17 bits per heavy atom. The molecule has 0 bridgehead atoms. The summed E-state index contributed by atoms with van der Waals surface area (Å²) in [7, 11) is 3.50. The summed E-state index contributed by atoms with van der Waals surface area (Å²) in [5, 5.41) is 44.9. The second-order valence-corrected chi connectivity index (χ2v) is 11.1. The summed E-state index contributed by atoms with van der Waals surface area (Å²) in [6.45, 7) is 4.87. The van der Waals surface area contributed by atoms with Crippen molar-refractivity contribution in [2.75, 3.05) is 20.6 Å². The van der Waals surface area contributed by atoms with E-state index in [4.69, 9.17) is 17.3 Å². The van der Waals surface area contributed by atoms with Crippen LogP contribution in [0.5, 0.6) is 5.75 Å². The number of nitrogens with two attached hydrogens (primary N) is 1. The predicted octanol–water partition coefficient (Wildman–Crippen LogP) is 2.57. The number of amides is 1. The summed E-state index contributed by atoms with van der Waals surface area (Å²) in [6.07, 6.45) is -1.46. The van der Waals surface area contributed by atoms with Gasteiger partial charge in [0.25, 0.3) is 5.91 Å². The molecule has 3 aliphatic carbocycles. The smallest absolute Gasteiger partial charge is 0.255 e. The Kier molecular flexibility index (Phi) is 5.45. The van der Waals surface area contributed by atoms with E-state index in [0.29, 0.717) is 0 Å². The van der Waals surface area contributed by atoms with Crippen LogP contribution in [0.4, 0.5) is 0 Å². The zero-order valence-corrected chi connectivity index (χ0v) is 20.9. The summed E-state index contributed by atoms with van der Waals surface area (Å²) in [6, 6.07) is 2.58. The van der Waals surface area contributed by atoms with Crippen LogP contribution in [0.1, 0.15) is 49.2 Å². The lowest BCUT2D eigenvalue weighted by atomic mass is 9.42. The van der Waals surface area contributed by atoms with Gasteiger partial charge in [-0.3, -0.25) is 14.4 Å². The Labute approximate surface area is 207 Å². The fraction of sp³-hybridized carbons (Fsp3) is 0.480. The van der Waals surface area contributed by atoms with E-state index in [9.17, 15) is 34.8 Å². The van der Waals surface area contributed by atoms with Crippen molar-refractivity contribution < 1.29 is 34.8 Å². The number of ketones is 2. The number of phenolic OH excluding ortho intramolecular Hbond substituents is 1. The van der Waals surface area contributed by atoms with Gasteiger partial charge in [-0.25, -0.2) is 0 Å². The number of carbonyl (C=O) groups is 3. The zero-order chi connectivity index (χ0) is 26.4. The van der Waals surface area contributed by atoms with Crippen LogP contribution in [-0.2, 0) is 9.59 Å². The van der Waals surface area contributed by atoms with Crippen LogP contribution in [0.2, 0.25) is 5.02 Å². The molecule has 0 aliphatic heterocycles. The van der Waals surface area contributed by atoms with Gasteiger partial charge in [0.15, 0.2) is 11.6 Å². The molecule has 0 heterocycles. The molecular weight excluding hydrogens is 476 g/mol. The van der Waals surface area contributed by atoms with Crippen LogP contribution in [0.3, 0.4) is 0 Å². The fourth-order valence-corrected chi connectivity index (χ4v) is 6.78. The maximum absolute atomic E-state index is 13.7. The molecule has 1 aromatic rings. The van der Waals surface area contributed by atoms with E-state index in [2.05, 4.69) is 0 Å². The van der Waals surface area contributed by atoms with E-state index in [1.807, 2.05) is 0 Å². The number of phenols is 1. The van der Waals surface area contributed by atoms with Gasteiger partial charge in [-0.05, 0) is 45.0 Å². The Hall–Kier alpha value is -2.88. The van der Waals surface area contributed by atoms with Crippen molar-refractivity contribution in [1.82, 2.24) is 4.90 Å². The first-order valence-electron chi connectivity index (χ1n) is 11.2. The van der Waals surface area contributed by atoms with Gasteiger partial charge in [-0.1, -0.05) is 25.4 Å². The molecule has 0 saturated heterocycles. The van der Waals surface area contributed by atoms with Crippen molar-refractivity contribution in [3.8, 4) is 5.75 Å². The second-order valence-electron chi connectivity index (χ2n) is 10.7. The molecule has 188 valence electrons. The first-order valence-corrected chi connectivity index (χ1v) is 11.5. The van der Waals surface area contributed by atoms with E-state index in [-0.39, 0.29) is 34.7 Å². The molecule has 35 heavy (non-hydrogen) atoms. The number of Topliss-reactive ketones (excluding diaryl/α,β-unsaturated/α-hetero) is 2. The largest absolute Gasteiger partial charge is 0.511 e. The number of carbonyl (C=O) groups excluding carboxylic acids is 3. The summed E-state index contributed by atoms with van der Waals surface area (Å²) in [5.74, 6) is -5.21. The predicted molar refractivity (Wildman–Crippen MR) is 127 cm³/mol. The summed E-state index contributed by atoms with van der Waals surface area (Å²) in [4.78, 5) is 41.5. The molecule has 0 radical (unpaired) electrons. The van der Waals surface area contributed by atoms with Crippen LogP contribution in [0.25, 0.3) is 0 Å². The van der Waals surface area contributed by atoms with Crippen LogP contribution in [-0.4, -0.2) is 63.4 Å². The third kappa shape index (κ3) is 2.92. The summed E-state index contributed by atoms with van der Waals surface area (Å²) >= 11 is 6.34. The standard InChI is InChI=1S/C25H29ClN2O7/c1-23-9-24(2)10(8-28(4)5)17(30)15(22(27)35)20(33)25(24,3)21(34)16(23)18(31)14-12(29)7-6-11(26)13(14)19(23)32/h6-7,10,19,29-30,32,34H,8-9H2,1-5H3,(H2,27,35)/t10-,19-,23+,24+,25+/m1/s1. The van der Waals surface area contributed by atoms with Gasteiger partial charge in [0.1, 0.15) is 22.8 Å². The van der Waals surface area contributed by atoms with Gasteiger partial charge in [-0.2, -0.15) is 0 Å². The third-order valence-corrected chi connectivity index (χ3v) is 8.82. The fourth-order valence-electron chi connectivity index (χ4n) is 6.52. The lowest BCUT2D eigenvalue weighted by molar-refractivity contribution is -0.148. The highest BCUT2D eigenvalue weighted by molar-refractivity contribution is 6.33. The van der Waals surface area contributed by atoms with Crippen molar-refractivity contribution in [3.63, 3.8) is 0 Å². The van der Waals surface area contributed by atoms with Crippen molar-refractivity contribution in [3.05, 3.63) is 50.9 Å². The lowest BCUT2D eigenvalue weighted by Crippen LogP contribution is -2.63. The molecule has 1 aromatic carbocycles. The summed E-state index contributed by atoms with van der Waals surface area (Å²) in [5.41, 5.74) is -0.136. The highest BCUT2D eigenvalue weighted by atomic mass is 35.5. The molecule has 0 fully saturated rings. The maximum atomic E-state index is 13.7. The monoisotopic (exact) mass is 504 g/mol. The maximum Gasteiger partial charge on any atom is 0.255 e. The first-order chi connectivity index (χ1) is 16.1. The molecule has 4 rings (SSSR count). The van der Waals surface area contributed by atoms with Gasteiger partial charge in [0.2, 0.25) is 0 Å². The van der Waals surface area contributed by atoms with E-state index in [0.717, 1.165) is 0 Å². The van der Waals surface area contributed by atoms with Crippen molar-refractivity contribution in [2.24, 2.45) is 27.9 Å². The van der Waals surface area contributed by atoms with Crippen LogP contribution >= 0.6 is 11.6 Å². The average Bonchev–Trinajstić information content (AvgIpc) is 2.74. The third-order valence-electron chi connectivity index (χ3n) is 8.49. The molecule has 5 atom stereocenters. The van der Waals surface area contributed by atoms with Gasteiger partial charge < -0.3 is 31.1 Å². The van der Waals surface area contributed by atoms with Crippen LogP contribution < -0.4 is 5.73 Å². The van der Waals surface area contributed by atoms with Crippen molar-refractivity contribution in [2.45, 2.75) is 33.3 Å². The minimum atomic E-state index is -1.83. The van der Waals surface area contributed by atoms with Gasteiger partial charge in [-0.15, -0.1) is 0 Å². The number of aromatic hydroxyl groups is 1. The molecule has 6 N–H and O–H groups in total. The molecule has 0 saturated carbocycles. The number of aliphatic hydroxyl groups excluding tert-OH is 3. The number of aliphatic hydroxyl groups is 3. The van der Waals surface area contributed by atoms with E-state index in [1.165, 1.54) is 19.1 Å². The Morgan fingerprint density at radius 2 is 1.77 bits per heavy atom. The Bertz CT molecular complexity index is 1270. The SMILES string of the molecule is CN(C)C[C@@H]1C(O)=C(C(N)=O)C(=O)[C@@]2(C)C(O)=C3C(=O)c4c(O)ccc(Cl)c4[C@@H](O)[C@@]3(C)C[C@@]12C. The average molecular weight is 505 g/mol. The molecule has 0 aromatic heterocycles. The highest BCUT2D eigenvalue weighted by Crippen LogP contribution is 2.69.